The molecule has 0 bridgehead atoms. The SMILES string of the molecule is CN1CCC(O)(C#Cc2cccc(-c3ccc4ncnc(N5CC(Cl)C5)c4n3)c2)C1=O. The summed E-state index contributed by atoms with van der Waals surface area (Å²) < 4.78 is 0. The van der Waals surface area contributed by atoms with E-state index in [1.165, 1.54) is 4.90 Å². The van der Waals surface area contributed by atoms with Crippen LogP contribution in [0.1, 0.15) is 12.0 Å². The summed E-state index contributed by atoms with van der Waals surface area (Å²) in [6.45, 7) is 1.97. The molecule has 0 aliphatic carbocycles. The minimum Gasteiger partial charge on any atom is -0.369 e. The number of anilines is 1. The monoisotopic (exact) mass is 433 g/mol. The van der Waals surface area contributed by atoms with Gasteiger partial charge in [-0.05, 0) is 24.3 Å². The largest absolute Gasteiger partial charge is 0.369 e. The van der Waals surface area contributed by atoms with Gasteiger partial charge in [0.25, 0.3) is 5.91 Å². The Hall–Kier alpha value is -3.21. The molecular weight excluding hydrogens is 414 g/mol. The Morgan fingerprint density at radius 2 is 2.06 bits per heavy atom. The number of rotatable bonds is 2. The first-order valence-corrected chi connectivity index (χ1v) is 10.5. The zero-order valence-corrected chi connectivity index (χ0v) is 17.7. The fourth-order valence-electron chi connectivity index (χ4n) is 3.82. The molecule has 2 saturated heterocycles. The molecule has 2 aromatic heterocycles. The second-order valence-electron chi connectivity index (χ2n) is 7.93. The lowest BCUT2D eigenvalue weighted by Crippen LogP contribution is -2.48. The zero-order chi connectivity index (χ0) is 21.6. The number of aromatic nitrogens is 3. The number of likely N-dealkylation sites (N-methyl/N-ethyl adjacent to an activating group) is 1. The van der Waals surface area contributed by atoms with Crippen molar-refractivity contribution < 1.29 is 9.90 Å². The topological polar surface area (TPSA) is 82.4 Å². The second kappa shape index (κ2) is 7.49. The summed E-state index contributed by atoms with van der Waals surface area (Å²) >= 11 is 6.13. The number of alkyl halides is 1. The van der Waals surface area contributed by atoms with Gasteiger partial charge in [-0.25, -0.2) is 15.0 Å². The smallest absolute Gasteiger partial charge is 0.267 e. The van der Waals surface area contributed by atoms with Gasteiger partial charge in [-0.15, -0.1) is 11.6 Å². The van der Waals surface area contributed by atoms with Crippen LogP contribution >= 0.6 is 11.6 Å². The van der Waals surface area contributed by atoms with Crippen molar-refractivity contribution in [2.24, 2.45) is 0 Å². The number of aliphatic hydroxyl groups is 1. The molecule has 5 rings (SSSR count). The van der Waals surface area contributed by atoms with Crippen molar-refractivity contribution in [1.29, 1.82) is 0 Å². The highest BCUT2D eigenvalue weighted by Gasteiger charge is 2.42. The minimum absolute atomic E-state index is 0.129. The third-order valence-corrected chi connectivity index (χ3v) is 5.96. The number of pyridine rings is 1. The molecule has 1 amide bonds. The Morgan fingerprint density at radius 1 is 1.23 bits per heavy atom. The molecule has 2 aliphatic heterocycles. The molecule has 2 aliphatic rings. The molecule has 4 heterocycles. The second-order valence-corrected chi connectivity index (χ2v) is 8.55. The van der Waals surface area contributed by atoms with Crippen molar-refractivity contribution in [3.05, 3.63) is 48.3 Å². The number of likely N-dealkylation sites (tertiary alicyclic amines) is 1. The molecular formula is C23H20ClN5O2. The molecule has 0 spiro atoms. The predicted molar refractivity (Wildman–Crippen MR) is 119 cm³/mol. The van der Waals surface area contributed by atoms with Gasteiger partial charge in [0.2, 0.25) is 5.60 Å². The zero-order valence-electron chi connectivity index (χ0n) is 16.9. The lowest BCUT2D eigenvalue weighted by Gasteiger charge is -2.36. The molecule has 1 aromatic carbocycles. The molecule has 2 fully saturated rings. The fraction of sp³-hybridized carbons (Fsp3) is 0.304. The van der Waals surface area contributed by atoms with Crippen LogP contribution < -0.4 is 4.90 Å². The van der Waals surface area contributed by atoms with Crippen molar-refractivity contribution in [1.82, 2.24) is 19.9 Å². The normalized spacial score (nSPS) is 21.2. The van der Waals surface area contributed by atoms with Crippen molar-refractivity contribution >= 4 is 34.4 Å². The molecule has 1 N–H and O–H groups in total. The van der Waals surface area contributed by atoms with Crippen LogP contribution in [-0.2, 0) is 4.79 Å². The van der Waals surface area contributed by atoms with Crippen molar-refractivity contribution in [3.63, 3.8) is 0 Å². The van der Waals surface area contributed by atoms with Crippen molar-refractivity contribution in [2.45, 2.75) is 17.4 Å². The van der Waals surface area contributed by atoms with Crippen molar-refractivity contribution in [2.75, 3.05) is 31.6 Å². The van der Waals surface area contributed by atoms with E-state index in [2.05, 4.69) is 26.7 Å². The predicted octanol–water partition coefficient (Wildman–Crippen LogP) is 2.06. The fourth-order valence-corrected chi connectivity index (χ4v) is 4.15. The van der Waals surface area contributed by atoms with E-state index in [1.54, 1.807) is 13.4 Å². The number of amides is 1. The standard InChI is InChI=1S/C23H20ClN5O2/c1-28-10-9-23(31,22(28)30)8-7-15-3-2-4-16(11-15)18-5-6-19-20(27-18)21(26-14-25-19)29-12-17(24)13-29/h2-6,11,14,17,31H,9-10,12-13H2,1H3. The third kappa shape index (κ3) is 3.58. The Kier molecular flexibility index (Phi) is 4.77. The quantitative estimate of drug-likeness (QED) is 0.492. The number of hydrogen-bond acceptors (Lipinski definition) is 6. The van der Waals surface area contributed by atoms with Gasteiger partial charge in [-0.1, -0.05) is 24.0 Å². The summed E-state index contributed by atoms with van der Waals surface area (Å²) in [4.78, 5) is 29.3. The highest BCUT2D eigenvalue weighted by molar-refractivity contribution is 6.22. The van der Waals surface area contributed by atoms with Crippen LogP contribution in [0.5, 0.6) is 0 Å². The number of carbonyl (C=O) groups excluding carboxylic acids is 1. The van der Waals surface area contributed by atoms with Crippen LogP contribution in [0.25, 0.3) is 22.3 Å². The molecule has 1 atom stereocenters. The van der Waals surface area contributed by atoms with Gasteiger partial charge in [0.05, 0.1) is 16.6 Å². The number of halogens is 1. The summed E-state index contributed by atoms with van der Waals surface area (Å²) in [6.07, 6.45) is 1.85. The summed E-state index contributed by atoms with van der Waals surface area (Å²) in [6, 6.07) is 11.4. The first kappa shape index (κ1) is 19.7. The molecule has 7 nitrogen and oxygen atoms in total. The maximum atomic E-state index is 12.1. The maximum Gasteiger partial charge on any atom is 0.267 e. The first-order chi connectivity index (χ1) is 14.9. The molecule has 3 aromatic rings. The highest BCUT2D eigenvalue weighted by atomic mass is 35.5. The van der Waals surface area contributed by atoms with Gasteiger partial charge in [0.1, 0.15) is 11.8 Å². The Bertz CT molecular complexity index is 1250. The highest BCUT2D eigenvalue weighted by Crippen LogP contribution is 2.29. The summed E-state index contributed by atoms with van der Waals surface area (Å²) in [5.41, 5.74) is 2.24. The van der Waals surface area contributed by atoms with Gasteiger partial charge in [0, 0.05) is 44.2 Å². The van der Waals surface area contributed by atoms with E-state index in [0.29, 0.717) is 18.5 Å². The number of fused-ring (bicyclic) bond motifs is 1. The Morgan fingerprint density at radius 3 is 2.81 bits per heavy atom. The molecule has 0 radical (unpaired) electrons. The van der Waals surface area contributed by atoms with E-state index < -0.39 is 5.60 Å². The van der Waals surface area contributed by atoms with E-state index in [1.807, 2.05) is 36.4 Å². The summed E-state index contributed by atoms with van der Waals surface area (Å²) in [7, 11) is 1.67. The van der Waals surface area contributed by atoms with Gasteiger partial charge < -0.3 is 14.9 Å². The molecule has 8 heteroatoms. The van der Waals surface area contributed by atoms with E-state index in [4.69, 9.17) is 16.6 Å². The van der Waals surface area contributed by atoms with Crippen LogP contribution in [0, 0.1) is 11.8 Å². The van der Waals surface area contributed by atoms with Gasteiger partial charge in [0.15, 0.2) is 5.82 Å². The van der Waals surface area contributed by atoms with Crippen LogP contribution in [-0.4, -0.2) is 68.5 Å². The summed E-state index contributed by atoms with van der Waals surface area (Å²) in [5, 5.41) is 10.7. The molecule has 31 heavy (non-hydrogen) atoms. The lowest BCUT2D eigenvalue weighted by molar-refractivity contribution is -0.137. The number of benzene rings is 1. The van der Waals surface area contributed by atoms with Gasteiger partial charge in [-0.2, -0.15) is 0 Å². The lowest BCUT2D eigenvalue weighted by atomic mass is 10.0. The van der Waals surface area contributed by atoms with E-state index in [0.717, 1.165) is 41.2 Å². The van der Waals surface area contributed by atoms with Gasteiger partial charge in [-0.3, -0.25) is 4.79 Å². The first-order valence-electron chi connectivity index (χ1n) is 10.1. The van der Waals surface area contributed by atoms with Crippen LogP contribution in [0.3, 0.4) is 0 Å². The van der Waals surface area contributed by atoms with Crippen molar-refractivity contribution in [3.8, 4) is 23.1 Å². The molecule has 1 unspecified atom stereocenters. The molecule has 156 valence electrons. The Labute approximate surface area is 184 Å². The average molecular weight is 434 g/mol. The average Bonchev–Trinajstić information content (AvgIpc) is 3.03. The van der Waals surface area contributed by atoms with Crippen LogP contribution in [0.15, 0.2) is 42.7 Å². The van der Waals surface area contributed by atoms with Gasteiger partial charge >= 0.3 is 0 Å². The molecule has 0 saturated carbocycles. The number of nitrogens with zero attached hydrogens (tertiary/aromatic N) is 5. The number of hydrogen-bond donors (Lipinski definition) is 1. The van der Waals surface area contributed by atoms with E-state index in [9.17, 15) is 9.90 Å². The van der Waals surface area contributed by atoms with Crippen LogP contribution in [0.4, 0.5) is 5.82 Å². The van der Waals surface area contributed by atoms with Crippen LogP contribution in [0.2, 0.25) is 0 Å². The Balaban J connectivity index is 1.48. The maximum absolute atomic E-state index is 12.1. The van der Waals surface area contributed by atoms with E-state index in [-0.39, 0.29) is 11.3 Å². The minimum atomic E-state index is -1.62. The van der Waals surface area contributed by atoms with E-state index >= 15 is 0 Å². The third-order valence-electron chi connectivity index (χ3n) is 5.68. The number of carbonyl (C=O) groups is 1. The summed E-state index contributed by atoms with van der Waals surface area (Å²) in [5.74, 6) is 6.14.